The van der Waals surface area contributed by atoms with Crippen LogP contribution in [0.1, 0.15) is 50.3 Å². The van der Waals surface area contributed by atoms with E-state index in [0.29, 0.717) is 30.0 Å². The van der Waals surface area contributed by atoms with Gasteiger partial charge in [0.25, 0.3) is 5.69 Å². The van der Waals surface area contributed by atoms with E-state index in [9.17, 15) is 19.7 Å². The maximum atomic E-state index is 13.5. The molecule has 1 unspecified atom stereocenters. The van der Waals surface area contributed by atoms with E-state index >= 15 is 0 Å². The zero-order chi connectivity index (χ0) is 32.5. The maximum Gasteiger partial charge on any atom is 0.337 e. The van der Waals surface area contributed by atoms with Crippen molar-refractivity contribution in [3.63, 3.8) is 0 Å². The molecule has 236 valence electrons. The van der Waals surface area contributed by atoms with Gasteiger partial charge in [0, 0.05) is 55.6 Å². The third-order valence-electron chi connectivity index (χ3n) is 7.29. The van der Waals surface area contributed by atoms with E-state index in [-0.39, 0.29) is 23.4 Å². The van der Waals surface area contributed by atoms with Crippen molar-refractivity contribution in [2.45, 2.75) is 46.3 Å². The first-order valence-electron chi connectivity index (χ1n) is 14.7. The molecule has 0 amide bonds. The first-order chi connectivity index (χ1) is 21.5. The van der Waals surface area contributed by atoms with Crippen molar-refractivity contribution in [2.75, 3.05) is 26.7 Å². The Morgan fingerprint density at radius 2 is 1.82 bits per heavy atom. The number of dihydropyridines is 1. The van der Waals surface area contributed by atoms with Gasteiger partial charge in [-0.15, -0.1) is 0 Å². The first-order valence-corrected chi connectivity index (χ1v) is 14.7. The quantitative estimate of drug-likeness (QED) is 0.157. The Morgan fingerprint density at radius 1 is 1.11 bits per heavy atom. The largest absolute Gasteiger partial charge is 0.461 e. The summed E-state index contributed by atoms with van der Waals surface area (Å²) in [4.78, 5) is 43.9. The number of allylic oxidation sites excluding steroid dienone is 2. The van der Waals surface area contributed by atoms with Gasteiger partial charge in [0.1, 0.15) is 6.61 Å². The topological polar surface area (TPSA) is 129 Å². The molecule has 0 aliphatic carbocycles. The highest BCUT2D eigenvalue weighted by molar-refractivity contribution is 6.00. The van der Waals surface area contributed by atoms with Crippen LogP contribution in [0.25, 0.3) is 6.08 Å². The van der Waals surface area contributed by atoms with E-state index in [1.165, 1.54) is 23.8 Å². The highest BCUT2D eigenvalue weighted by atomic mass is 16.6. The molecule has 0 fully saturated rings. The monoisotopic (exact) mass is 613 g/mol. The summed E-state index contributed by atoms with van der Waals surface area (Å²) in [5.41, 5.74) is 3.96. The van der Waals surface area contributed by atoms with Gasteiger partial charge in [-0.2, -0.15) is 0 Å². The summed E-state index contributed by atoms with van der Waals surface area (Å²) in [5, 5.41) is 14.7. The normalized spacial score (nSPS) is 15.1. The molecule has 2 heterocycles. The lowest BCUT2D eigenvalue weighted by molar-refractivity contribution is -0.384. The molecule has 4 rings (SSSR count). The van der Waals surface area contributed by atoms with E-state index in [4.69, 9.17) is 9.47 Å². The zero-order valence-electron chi connectivity index (χ0n) is 26.2. The lowest BCUT2D eigenvalue weighted by Crippen LogP contribution is -2.34. The Labute approximate surface area is 263 Å². The standard InChI is InChI=1S/C34H39N5O6/c1-23(2)45-34(41)31-25(4)36-24(3)30(32(31)28-9-6-10-29(20-28)39(42)43)33(40)44-19-18-37(5)16-7-8-26-11-13-27(14-12-26)21-38-17-15-35-22-38/h6-15,17,20,22-23,32,36H,16,18-19,21H2,1-5H3/b8-7+. The number of non-ortho nitro benzene ring substituents is 1. The summed E-state index contributed by atoms with van der Waals surface area (Å²) in [5.74, 6) is -2.13. The zero-order valence-corrected chi connectivity index (χ0v) is 26.2. The molecule has 1 aromatic heterocycles. The summed E-state index contributed by atoms with van der Waals surface area (Å²) < 4.78 is 13.2. The fourth-order valence-corrected chi connectivity index (χ4v) is 5.12. The third kappa shape index (κ3) is 8.76. The number of ether oxygens (including phenoxy) is 2. The molecule has 11 heteroatoms. The van der Waals surface area contributed by atoms with Gasteiger partial charge in [-0.1, -0.05) is 48.6 Å². The van der Waals surface area contributed by atoms with E-state index in [2.05, 4.69) is 34.6 Å². The minimum atomic E-state index is -0.906. The van der Waals surface area contributed by atoms with Crippen LogP contribution in [0.5, 0.6) is 0 Å². The van der Waals surface area contributed by atoms with Crippen molar-refractivity contribution in [3.05, 3.63) is 123 Å². The number of aromatic nitrogens is 2. The Balaban J connectivity index is 1.40. The number of hydrogen-bond acceptors (Lipinski definition) is 9. The Bertz CT molecular complexity index is 1610. The number of likely N-dealkylation sites (N-methyl/N-ethyl adjacent to an activating group) is 1. The van der Waals surface area contributed by atoms with Crippen LogP contribution < -0.4 is 5.32 Å². The minimum Gasteiger partial charge on any atom is -0.461 e. The van der Waals surface area contributed by atoms with Gasteiger partial charge in [0.2, 0.25) is 0 Å². The summed E-state index contributed by atoms with van der Waals surface area (Å²) >= 11 is 0. The number of nitro groups is 1. The smallest absolute Gasteiger partial charge is 0.337 e. The van der Waals surface area contributed by atoms with Crippen molar-refractivity contribution < 1.29 is 24.0 Å². The van der Waals surface area contributed by atoms with Crippen molar-refractivity contribution in [2.24, 2.45) is 0 Å². The predicted molar refractivity (Wildman–Crippen MR) is 171 cm³/mol. The summed E-state index contributed by atoms with van der Waals surface area (Å²) in [7, 11) is 1.93. The SMILES string of the molecule is CC1=C(C(=O)OCCN(C)C/C=C/c2ccc(Cn3ccnc3)cc2)C(c2cccc([N+](=O)[O-])c2)C(C(=O)OC(C)C)=C(C)N1. The Kier molecular flexibility index (Phi) is 11.0. The summed E-state index contributed by atoms with van der Waals surface area (Å²) in [6, 6.07) is 14.2. The number of esters is 2. The lowest BCUT2D eigenvalue weighted by Gasteiger charge is -2.31. The van der Waals surface area contributed by atoms with Crippen LogP contribution in [0.4, 0.5) is 5.69 Å². The van der Waals surface area contributed by atoms with Crippen LogP contribution in [0, 0.1) is 10.1 Å². The van der Waals surface area contributed by atoms with Crippen molar-refractivity contribution in [3.8, 4) is 0 Å². The van der Waals surface area contributed by atoms with Crippen molar-refractivity contribution in [1.82, 2.24) is 19.8 Å². The second-order valence-corrected chi connectivity index (χ2v) is 11.2. The van der Waals surface area contributed by atoms with Crippen LogP contribution >= 0.6 is 0 Å². The summed E-state index contributed by atoms with van der Waals surface area (Å²) in [6.45, 7) is 8.88. The fourth-order valence-electron chi connectivity index (χ4n) is 5.12. The average Bonchev–Trinajstić information content (AvgIpc) is 3.50. The number of carbonyl (C=O) groups is 2. The molecule has 1 atom stereocenters. The van der Waals surface area contributed by atoms with E-state index in [0.717, 1.165) is 12.1 Å². The highest BCUT2D eigenvalue weighted by Gasteiger charge is 2.38. The number of benzene rings is 2. The number of imidazole rings is 1. The summed E-state index contributed by atoms with van der Waals surface area (Å²) in [6.07, 6.45) is 9.17. The van der Waals surface area contributed by atoms with Gasteiger partial charge in [-0.05, 0) is 51.4 Å². The molecule has 11 nitrogen and oxygen atoms in total. The third-order valence-corrected chi connectivity index (χ3v) is 7.29. The van der Waals surface area contributed by atoms with Crippen LogP contribution in [0.3, 0.4) is 0 Å². The second-order valence-electron chi connectivity index (χ2n) is 11.2. The molecule has 0 bridgehead atoms. The molecule has 3 aromatic rings. The average molecular weight is 614 g/mol. The predicted octanol–water partition coefficient (Wildman–Crippen LogP) is 5.21. The Hall–Kier alpha value is -5.03. The maximum absolute atomic E-state index is 13.5. The van der Waals surface area contributed by atoms with Gasteiger partial charge in [-0.3, -0.25) is 15.0 Å². The van der Waals surface area contributed by atoms with Gasteiger partial charge < -0.3 is 19.4 Å². The number of nitrogens with one attached hydrogen (secondary N) is 1. The van der Waals surface area contributed by atoms with Crippen LogP contribution in [0.15, 0.2) is 95.9 Å². The molecule has 0 saturated heterocycles. The van der Waals surface area contributed by atoms with Gasteiger partial charge in [0.15, 0.2) is 0 Å². The molecule has 2 aromatic carbocycles. The fraction of sp³-hybridized carbons (Fsp3) is 0.324. The van der Waals surface area contributed by atoms with Crippen molar-refractivity contribution in [1.29, 1.82) is 0 Å². The number of rotatable bonds is 13. The molecule has 1 aliphatic heterocycles. The Morgan fingerprint density at radius 3 is 2.47 bits per heavy atom. The van der Waals surface area contributed by atoms with Crippen molar-refractivity contribution >= 4 is 23.7 Å². The van der Waals surface area contributed by atoms with E-state index in [1.807, 2.05) is 34.9 Å². The molecule has 1 aliphatic rings. The highest BCUT2D eigenvalue weighted by Crippen LogP contribution is 2.40. The van der Waals surface area contributed by atoms with Crippen LogP contribution in [-0.4, -0.2) is 64.2 Å². The molecule has 1 N–H and O–H groups in total. The van der Waals surface area contributed by atoms with E-state index in [1.54, 1.807) is 46.3 Å². The van der Waals surface area contributed by atoms with Gasteiger partial charge >= 0.3 is 11.9 Å². The number of nitro benzene ring substituents is 1. The number of nitrogens with zero attached hydrogens (tertiary/aromatic N) is 4. The van der Waals surface area contributed by atoms with Crippen LogP contribution in [0.2, 0.25) is 0 Å². The van der Waals surface area contributed by atoms with Gasteiger partial charge in [0.05, 0.1) is 34.4 Å². The van der Waals surface area contributed by atoms with E-state index < -0.39 is 28.9 Å². The second kappa shape index (κ2) is 15.1. The molecule has 0 spiro atoms. The minimum absolute atomic E-state index is 0.110. The molecule has 45 heavy (non-hydrogen) atoms. The number of hydrogen-bond donors (Lipinski definition) is 1. The molecule has 0 radical (unpaired) electrons. The van der Waals surface area contributed by atoms with Gasteiger partial charge in [-0.25, -0.2) is 14.6 Å². The lowest BCUT2D eigenvalue weighted by atomic mass is 9.80. The molecular weight excluding hydrogens is 574 g/mol. The molecule has 0 saturated carbocycles. The molecular formula is C34H39N5O6. The van der Waals surface area contributed by atoms with Crippen LogP contribution in [-0.2, 0) is 25.6 Å². The first kappa shape index (κ1) is 32.9. The number of carbonyl (C=O) groups excluding carboxylic acids is 2.